The zero-order valence-electron chi connectivity index (χ0n) is 15.3. The number of carbonyl (C=O) groups excluding carboxylic acids is 2. The number of hydrogen-bond donors (Lipinski definition) is 4. The summed E-state index contributed by atoms with van der Waals surface area (Å²) in [4.78, 5) is 38.0. The average molecular weight is 398 g/mol. The van der Waals surface area contributed by atoms with Crippen LogP contribution in [-0.4, -0.2) is 48.6 Å². The Bertz CT molecular complexity index is 729. The van der Waals surface area contributed by atoms with Crippen LogP contribution in [0.2, 0.25) is 0 Å². The molecule has 1 aromatic rings. The summed E-state index contributed by atoms with van der Waals surface area (Å²) < 4.78 is 17.9. The molecule has 6 N–H and O–H groups in total. The van der Waals surface area contributed by atoms with Gasteiger partial charge in [-0.05, 0) is 37.0 Å². The normalized spacial score (nSPS) is 13.3. The highest BCUT2D eigenvalue weighted by Crippen LogP contribution is 2.07. The molecule has 0 heterocycles. The largest absolute Gasteiger partial charge is 0.467 e. The van der Waals surface area contributed by atoms with E-state index in [2.05, 4.69) is 15.0 Å². The van der Waals surface area contributed by atoms with Gasteiger partial charge < -0.3 is 21.5 Å². The number of halogens is 1. The molecule has 0 aliphatic rings. The molecule has 0 spiro atoms. The molecule has 154 valence electrons. The lowest BCUT2D eigenvalue weighted by molar-refractivity contribution is -0.525. The van der Waals surface area contributed by atoms with E-state index in [1.165, 1.54) is 25.3 Å². The smallest absolute Gasteiger partial charge is 0.328 e. The highest BCUT2D eigenvalue weighted by atomic mass is 19.1. The van der Waals surface area contributed by atoms with Crippen LogP contribution in [0.25, 0.3) is 0 Å². The van der Waals surface area contributed by atoms with Gasteiger partial charge in [0, 0.05) is 6.54 Å². The molecule has 0 unspecified atom stereocenters. The number of hydrazine groups is 1. The first-order valence-electron chi connectivity index (χ1n) is 8.32. The number of ether oxygens (including phenoxy) is 1. The van der Waals surface area contributed by atoms with Crippen LogP contribution in [0.3, 0.4) is 0 Å². The average Bonchev–Trinajstić information content (AvgIpc) is 2.62. The van der Waals surface area contributed by atoms with Crippen LogP contribution in [0.5, 0.6) is 0 Å². The van der Waals surface area contributed by atoms with Gasteiger partial charge in [-0.15, -0.1) is 0 Å². The third-order valence-electron chi connectivity index (χ3n) is 3.62. The minimum atomic E-state index is -0.994. The lowest BCUT2D eigenvalue weighted by Crippen LogP contribution is -2.49. The van der Waals surface area contributed by atoms with Gasteiger partial charge in [0.15, 0.2) is 5.03 Å². The van der Waals surface area contributed by atoms with E-state index in [-0.39, 0.29) is 25.3 Å². The third-order valence-corrected chi connectivity index (χ3v) is 3.62. The Morgan fingerprint density at radius 1 is 1.43 bits per heavy atom. The predicted octanol–water partition coefficient (Wildman–Crippen LogP) is -0.770. The number of nitrogens with one attached hydrogen (secondary N) is 2. The van der Waals surface area contributed by atoms with Crippen molar-refractivity contribution >= 4 is 17.8 Å². The van der Waals surface area contributed by atoms with Gasteiger partial charge in [-0.3, -0.25) is 4.79 Å². The molecule has 0 aliphatic heterocycles. The number of hydrogen-bond acceptors (Lipinski definition) is 7. The number of guanidine groups is 1. The van der Waals surface area contributed by atoms with Crippen LogP contribution in [-0.2, 0) is 20.7 Å². The van der Waals surface area contributed by atoms with Gasteiger partial charge in [-0.2, -0.15) is 0 Å². The maximum absolute atomic E-state index is 13.2. The fourth-order valence-electron chi connectivity index (χ4n) is 2.30. The van der Waals surface area contributed by atoms with Gasteiger partial charge in [-0.1, -0.05) is 17.6 Å². The van der Waals surface area contributed by atoms with Gasteiger partial charge >= 0.3 is 5.97 Å². The summed E-state index contributed by atoms with van der Waals surface area (Å²) in [5, 5.41) is 11.8. The van der Waals surface area contributed by atoms with Gasteiger partial charge in [0.05, 0.1) is 13.2 Å². The van der Waals surface area contributed by atoms with Crippen molar-refractivity contribution < 1.29 is 23.7 Å². The summed E-state index contributed by atoms with van der Waals surface area (Å²) in [7, 11) is 1.17. The van der Waals surface area contributed by atoms with Crippen molar-refractivity contribution in [3.05, 3.63) is 45.8 Å². The van der Waals surface area contributed by atoms with Crippen molar-refractivity contribution in [2.45, 2.75) is 31.3 Å². The summed E-state index contributed by atoms with van der Waals surface area (Å²) in [5.41, 5.74) is 13.3. The minimum Gasteiger partial charge on any atom is -0.467 e. The molecule has 11 nitrogen and oxygen atoms in total. The maximum atomic E-state index is 13.2. The van der Waals surface area contributed by atoms with E-state index in [9.17, 15) is 24.1 Å². The number of methoxy groups -OCH3 is 1. The van der Waals surface area contributed by atoms with E-state index in [1.54, 1.807) is 11.5 Å². The number of carbonyl (C=O) groups is 2. The number of rotatable bonds is 10. The van der Waals surface area contributed by atoms with E-state index >= 15 is 0 Å². The molecule has 12 heteroatoms. The molecule has 1 rings (SSSR count). The number of aliphatic imine (C=N–C) groups is 1. The molecule has 1 aromatic carbocycles. The Morgan fingerprint density at radius 3 is 2.75 bits per heavy atom. The molecule has 0 saturated heterocycles. The third kappa shape index (κ3) is 8.40. The molecular formula is C16H23FN6O5. The topological polar surface area (TPSA) is 175 Å². The Kier molecular flexibility index (Phi) is 9.30. The summed E-state index contributed by atoms with van der Waals surface area (Å²) in [6.07, 6.45) is 0.532. The first kappa shape index (κ1) is 22.8. The standard InChI is InChI=1S/C16H23FN6O5/c1-28-15(25)13(6-3-7-20-16(19)22-23(26)27)21-14(24)12(18)9-10-4-2-5-11(17)8-10/h2,4-5,8,12-13H,3,6-7,9,18H2,1H3,(H,21,24)(H3,19,20,22)/t12-,13-/m0/s1. The summed E-state index contributed by atoms with van der Waals surface area (Å²) >= 11 is 0. The van der Waals surface area contributed by atoms with Gasteiger partial charge in [0.2, 0.25) is 5.91 Å². The highest BCUT2D eigenvalue weighted by molar-refractivity contribution is 5.87. The van der Waals surface area contributed by atoms with Gasteiger partial charge in [0.25, 0.3) is 5.96 Å². The van der Waals surface area contributed by atoms with Crippen LogP contribution in [0.4, 0.5) is 4.39 Å². The number of benzene rings is 1. The molecule has 0 saturated carbocycles. The fourth-order valence-corrected chi connectivity index (χ4v) is 2.30. The molecular weight excluding hydrogens is 375 g/mol. The van der Waals surface area contributed by atoms with Crippen LogP contribution < -0.4 is 22.2 Å². The van der Waals surface area contributed by atoms with E-state index < -0.39 is 34.8 Å². The lowest BCUT2D eigenvalue weighted by atomic mass is 10.0. The number of amides is 1. The van der Waals surface area contributed by atoms with E-state index in [4.69, 9.17) is 11.5 Å². The molecule has 28 heavy (non-hydrogen) atoms. The van der Waals surface area contributed by atoms with Crippen molar-refractivity contribution in [3.8, 4) is 0 Å². The summed E-state index contributed by atoms with van der Waals surface area (Å²) in [6.45, 7) is 0.0887. The fraction of sp³-hybridized carbons (Fsp3) is 0.438. The van der Waals surface area contributed by atoms with Gasteiger partial charge in [-0.25, -0.2) is 24.3 Å². The summed E-state index contributed by atoms with van der Waals surface area (Å²) in [6, 6.07) is 3.72. The second-order valence-electron chi connectivity index (χ2n) is 5.80. The molecule has 0 fully saturated rings. The number of esters is 1. The van der Waals surface area contributed by atoms with Gasteiger partial charge in [0.1, 0.15) is 11.9 Å². The molecule has 0 aliphatic carbocycles. The first-order valence-corrected chi connectivity index (χ1v) is 8.32. The number of nitro groups is 1. The van der Waals surface area contributed by atoms with E-state index in [1.807, 2.05) is 0 Å². The number of nitrogens with two attached hydrogens (primary N) is 2. The van der Waals surface area contributed by atoms with Crippen molar-refractivity contribution in [2.75, 3.05) is 13.7 Å². The zero-order valence-corrected chi connectivity index (χ0v) is 15.3. The SMILES string of the molecule is COC(=O)[C@H](CCCN=C(N)N[N+](=O)[O-])NC(=O)[C@@H](N)Cc1cccc(F)c1. The molecule has 1 amide bonds. The molecule has 2 atom stereocenters. The summed E-state index contributed by atoms with van der Waals surface area (Å²) in [5.74, 6) is -2.09. The van der Waals surface area contributed by atoms with Crippen LogP contribution in [0.1, 0.15) is 18.4 Å². The first-order chi connectivity index (χ1) is 13.2. The Morgan fingerprint density at radius 2 is 2.14 bits per heavy atom. The maximum Gasteiger partial charge on any atom is 0.328 e. The quantitative estimate of drug-likeness (QED) is 0.0992. The van der Waals surface area contributed by atoms with Crippen molar-refractivity contribution in [1.29, 1.82) is 0 Å². The second kappa shape index (κ2) is 11.4. The highest BCUT2D eigenvalue weighted by Gasteiger charge is 2.24. The monoisotopic (exact) mass is 398 g/mol. The van der Waals surface area contributed by atoms with Crippen LogP contribution in [0.15, 0.2) is 29.3 Å². The Labute approximate surface area is 160 Å². The Balaban J connectivity index is 2.58. The number of nitrogens with zero attached hydrogens (tertiary/aromatic N) is 2. The lowest BCUT2D eigenvalue weighted by Gasteiger charge is -2.19. The molecule has 0 bridgehead atoms. The van der Waals surface area contributed by atoms with E-state index in [0.717, 1.165) is 0 Å². The van der Waals surface area contributed by atoms with Crippen LogP contribution >= 0.6 is 0 Å². The van der Waals surface area contributed by atoms with Crippen molar-refractivity contribution in [2.24, 2.45) is 16.5 Å². The van der Waals surface area contributed by atoms with Crippen molar-refractivity contribution in [1.82, 2.24) is 10.7 Å². The van der Waals surface area contributed by atoms with Crippen LogP contribution in [0, 0.1) is 15.9 Å². The minimum absolute atomic E-state index is 0.0882. The Hall–Kier alpha value is -3.28. The predicted molar refractivity (Wildman–Crippen MR) is 97.9 cm³/mol. The molecule has 0 radical (unpaired) electrons. The zero-order chi connectivity index (χ0) is 21.1. The van der Waals surface area contributed by atoms with E-state index in [0.29, 0.717) is 12.0 Å². The molecule has 0 aromatic heterocycles. The second-order valence-corrected chi connectivity index (χ2v) is 5.80. The van der Waals surface area contributed by atoms with Crippen molar-refractivity contribution in [3.63, 3.8) is 0 Å².